The molecule has 4 rings (SSSR count). The van der Waals surface area contributed by atoms with Crippen molar-refractivity contribution >= 4 is 16.8 Å². The fourth-order valence-electron chi connectivity index (χ4n) is 4.10. The number of rotatable bonds is 1. The first-order chi connectivity index (χ1) is 11.6. The molecule has 5 nitrogen and oxygen atoms in total. The molecule has 128 valence electrons. The summed E-state index contributed by atoms with van der Waals surface area (Å²) in [4.78, 5) is 21.1. The number of nitrogens with one attached hydrogen (secondary N) is 1. The van der Waals surface area contributed by atoms with Gasteiger partial charge in [0.15, 0.2) is 0 Å². The first-order valence-corrected chi connectivity index (χ1v) is 8.75. The number of hydrogen-bond acceptors (Lipinski definition) is 3. The Morgan fingerprint density at radius 2 is 2.12 bits per heavy atom. The van der Waals surface area contributed by atoms with Crippen molar-refractivity contribution in [2.75, 3.05) is 33.3 Å². The molecule has 0 spiro atoms. The zero-order valence-corrected chi connectivity index (χ0v) is 14.6. The van der Waals surface area contributed by atoms with Gasteiger partial charge in [-0.1, -0.05) is 12.1 Å². The van der Waals surface area contributed by atoms with Crippen molar-refractivity contribution in [2.24, 2.45) is 0 Å². The van der Waals surface area contributed by atoms with E-state index in [0.29, 0.717) is 13.2 Å². The number of hydrogen-bond donors (Lipinski definition) is 1. The summed E-state index contributed by atoms with van der Waals surface area (Å²) in [6.45, 7) is 7.38. The molecule has 1 aromatic heterocycles. The summed E-state index contributed by atoms with van der Waals surface area (Å²) in [5.41, 5.74) is 4.08. The highest BCUT2D eigenvalue weighted by atomic mass is 16.5. The number of para-hydroxylation sites is 1. The number of aryl methyl sites for hydroxylation is 2. The van der Waals surface area contributed by atoms with Gasteiger partial charge in [0.1, 0.15) is 0 Å². The van der Waals surface area contributed by atoms with Gasteiger partial charge in [-0.15, -0.1) is 0 Å². The number of nitrogens with zero attached hydrogens (tertiary/aromatic N) is 2. The van der Waals surface area contributed by atoms with Crippen molar-refractivity contribution in [2.45, 2.75) is 32.4 Å². The number of benzene rings is 1. The highest BCUT2D eigenvalue weighted by molar-refractivity contribution is 6.06. The number of carbonyl (C=O) groups excluding carboxylic acids is 1. The van der Waals surface area contributed by atoms with E-state index in [1.165, 1.54) is 5.56 Å². The predicted molar refractivity (Wildman–Crippen MR) is 94.5 cm³/mol. The number of amides is 1. The molecule has 1 aromatic carbocycles. The average molecular weight is 327 g/mol. The van der Waals surface area contributed by atoms with Crippen molar-refractivity contribution in [3.8, 4) is 0 Å². The van der Waals surface area contributed by atoms with E-state index in [1.54, 1.807) is 0 Å². The van der Waals surface area contributed by atoms with E-state index in [-0.39, 0.29) is 18.1 Å². The third kappa shape index (κ3) is 2.43. The van der Waals surface area contributed by atoms with Gasteiger partial charge in [0.05, 0.1) is 29.8 Å². The lowest BCUT2D eigenvalue weighted by atomic mass is 9.97. The highest BCUT2D eigenvalue weighted by Gasteiger charge is 2.39. The molecule has 3 heterocycles. The Balaban J connectivity index is 1.71. The minimum Gasteiger partial charge on any atom is -0.374 e. The minimum absolute atomic E-state index is 0.121. The van der Waals surface area contributed by atoms with Crippen LogP contribution in [0.5, 0.6) is 0 Å². The molecule has 0 aliphatic carbocycles. The van der Waals surface area contributed by atoms with Crippen LogP contribution in [0.1, 0.15) is 28.0 Å². The number of carbonyl (C=O) groups is 1. The lowest BCUT2D eigenvalue weighted by Gasteiger charge is -2.46. The Morgan fingerprint density at radius 3 is 2.96 bits per heavy atom. The molecule has 5 heteroatoms. The highest BCUT2D eigenvalue weighted by Crippen LogP contribution is 2.28. The monoisotopic (exact) mass is 327 g/mol. The van der Waals surface area contributed by atoms with Gasteiger partial charge in [0, 0.05) is 30.7 Å². The number of ether oxygens (including phenoxy) is 1. The van der Waals surface area contributed by atoms with E-state index in [1.807, 2.05) is 17.0 Å². The van der Waals surface area contributed by atoms with Crippen LogP contribution >= 0.6 is 0 Å². The second-order valence-corrected chi connectivity index (χ2v) is 7.13. The first kappa shape index (κ1) is 15.7. The average Bonchev–Trinajstić information content (AvgIpc) is 2.88. The second-order valence-electron chi connectivity index (χ2n) is 7.13. The molecule has 2 atom stereocenters. The van der Waals surface area contributed by atoms with Crippen molar-refractivity contribution in [3.63, 3.8) is 0 Å². The molecular weight excluding hydrogens is 302 g/mol. The van der Waals surface area contributed by atoms with Crippen LogP contribution in [0.4, 0.5) is 0 Å². The molecule has 1 N–H and O–H groups in total. The predicted octanol–water partition coefficient (Wildman–Crippen LogP) is 2.33. The number of piperidine rings is 1. The largest absolute Gasteiger partial charge is 0.374 e. The van der Waals surface area contributed by atoms with Crippen LogP contribution in [-0.4, -0.2) is 66.1 Å². The molecule has 0 saturated carbocycles. The Kier molecular flexibility index (Phi) is 3.85. The van der Waals surface area contributed by atoms with Gasteiger partial charge in [-0.25, -0.2) is 0 Å². The molecule has 0 unspecified atom stereocenters. The van der Waals surface area contributed by atoms with E-state index >= 15 is 0 Å². The number of aromatic amines is 1. The maximum Gasteiger partial charge on any atom is 0.256 e. The minimum atomic E-state index is 0.121. The summed E-state index contributed by atoms with van der Waals surface area (Å²) >= 11 is 0. The Hall–Kier alpha value is -1.85. The van der Waals surface area contributed by atoms with E-state index in [4.69, 9.17) is 4.74 Å². The van der Waals surface area contributed by atoms with Crippen LogP contribution in [0.2, 0.25) is 0 Å². The van der Waals surface area contributed by atoms with Crippen LogP contribution in [0.3, 0.4) is 0 Å². The van der Waals surface area contributed by atoms with Gasteiger partial charge in [0.2, 0.25) is 0 Å². The van der Waals surface area contributed by atoms with Crippen molar-refractivity contribution in [1.29, 1.82) is 0 Å². The summed E-state index contributed by atoms with van der Waals surface area (Å²) in [7, 11) is 2.12. The molecule has 1 amide bonds. The van der Waals surface area contributed by atoms with Crippen LogP contribution < -0.4 is 0 Å². The van der Waals surface area contributed by atoms with Crippen LogP contribution in [-0.2, 0) is 4.74 Å². The maximum absolute atomic E-state index is 13.3. The van der Waals surface area contributed by atoms with Crippen LogP contribution in [0.25, 0.3) is 10.9 Å². The topological polar surface area (TPSA) is 48.6 Å². The lowest BCUT2D eigenvalue weighted by molar-refractivity contribution is -0.0869. The zero-order chi connectivity index (χ0) is 16.8. The SMILES string of the molecule is Cc1[nH]c2c(C(=O)N3CCO[C@@H]4CCN(C)C[C@H]43)cccc2c1C. The molecule has 2 aromatic rings. The van der Waals surface area contributed by atoms with Crippen molar-refractivity contribution in [3.05, 3.63) is 35.0 Å². The summed E-state index contributed by atoms with van der Waals surface area (Å²) < 4.78 is 5.93. The number of H-pyrrole nitrogens is 1. The van der Waals surface area contributed by atoms with Crippen molar-refractivity contribution < 1.29 is 9.53 Å². The third-order valence-electron chi connectivity index (χ3n) is 5.62. The zero-order valence-electron chi connectivity index (χ0n) is 14.6. The number of aromatic nitrogens is 1. The van der Waals surface area contributed by atoms with Gasteiger partial charge < -0.3 is 19.5 Å². The normalized spacial score (nSPS) is 25.0. The smallest absolute Gasteiger partial charge is 0.256 e. The van der Waals surface area contributed by atoms with Crippen LogP contribution in [0, 0.1) is 13.8 Å². The summed E-state index contributed by atoms with van der Waals surface area (Å²) in [5.74, 6) is 0.121. The molecule has 2 saturated heterocycles. The quantitative estimate of drug-likeness (QED) is 0.874. The van der Waals surface area contributed by atoms with Gasteiger partial charge in [-0.2, -0.15) is 0 Å². The lowest BCUT2D eigenvalue weighted by Crippen LogP contribution is -2.60. The van der Waals surface area contributed by atoms with Gasteiger partial charge in [0.25, 0.3) is 5.91 Å². The fraction of sp³-hybridized carbons (Fsp3) is 0.526. The standard InChI is InChI=1S/C19H25N3O2/c1-12-13(2)20-18-14(12)5-4-6-15(18)19(23)22-9-10-24-17-7-8-21(3)11-16(17)22/h4-6,16-17,20H,7-11H2,1-3H3/t16-,17-/m1/s1. The van der Waals surface area contributed by atoms with E-state index in [2.05, 4.69) is 36.8 Å². The molecule has 2 aliphatic heterocycles. The molecule has 2 fully saturated rings. The first-order valence-electron chi connectivity index (χ1n) is 8.75. The van der Waals surface area contributed by atoms with Gasteiger partial charge in [-0.3, -0.25) is 4.79 Å². The van der Waals surface area contributed by atoms with E-state index in [0.717, 1.165) is 41.7 Å². The molecule has 2 aliphatic rings. The number of morpholine rings is 1. The van der Waals surface area contributed by atoms with Gasteiger partial charge in [-0.05, 0) is 38.9 Å². The van der Waals surface area contributed by atoms with E-state index in [9.17, 15) is 4.79 Å². The Labute approximate surface area is 142 Å². The number of likely N-dealkylation sites (N-methyl/N-ethyl adjacent to an activating group) is 1. The summed E-state index contributed by atoms with van der Waals surface area (Å²) in [6.07, 6.45) is 1.17. The van der Waals surface area contributed by atoms with Crippen molar-refractivity contribution in [1.82, 2.24) is 14.8 Å². The molecule has 0 bridgehead atoms. The molecular formula is C19H25N3O2. The van der Waals surface area contributed by atoms with Crippen LogP contribution in [0.15, 0.2) is 18.2 Å². The molecule has 24 heavy (non-hydrogen) atoms. The number of fused-ring (bicyclic) bond motifs is 2. The fourth-order valence-corrected chi connectivity index (χ4v) is 4.10. The molecule has 0 radical (unpaired) electrons. The summed E-state index contributed by atoms with van der Waals surface area (Å²) in [5, 5.41) is 1.14. The van der Waals surface area contributed by atoms with E-state index < -0.39 is 0 Å². The summed E-state index contributed by atoms with van der Waals surface area (Å²) in [6, 6.07) is 6.16. The Morgan fingerprint density at radius 1 is 1.29 bits per heavy atom. The second kappa shape index (κ2) is 5.90. The Bertz CT molecular complexity index is 782. The maximum atomic E-state index is 13.3. The van der Waals surface area contributed by atoms with Gasteiger partial charge >= 0.3 is 0 Å². The third-order valence-corrected chi connectivity index (χ3v) is 5.62. The number of likely N-dealkylation sites (tertiary alicyclic amines) is 1.